The highest BCUT2D eigenvalue weighted by Crippen LogP contribution is 2.35. The highest BCUT2D eigenvalue weighted by atomic mass is 35.5. The van der Waals surface area contributed by atoms with E-state index >= 15 is 0 Å². The summed E-state index contributed by atoms with van der Waals surface area (Å²) >= 11 is 1.33. The van der Waals surface area contributed by atoms with Crippen molar-refractivity contribution in [2.45, 2.75) is 56.2 Å². The van der Waals surface area contributed by atoms with Crippen molar-refractivity contribution < 1.29 is 8.42 Å². The monoisotopic (exact) mass is 352 g/mol. The van der Waals surface area contributed by atoms with E-state index in [4.69, 9.17) is 5.73 Å². The second-order valence-corrected chi connectivity index (χ2v) is 9.07. The van der Waals surface area contributed by atoms with E-state index in [-0.39, 0.29) is 18.3 Å². The molecule has 0 saturated heterocycles. The van der Waals surface area contributed by atoms with Gasteiger partial charge in [0.05, 0.1) is 0 Å². The lowest BCUT2D eigenvalue weighted by Crippen LogP contribution is -2.58. The number of thiophene rings is 1. The van der Waals surface area contributed by atoms with E-state index in [9.17, 15) is 8.42 Å². The van der Waals surface area contributed by atoms with Crippen molar-refractivity contribution in [2.75, 3.05) is 6.54 Å². The van der Waals surface area contributed by atoms with Crippen LogP contribution in [0.3, 0.4) is 0 Å². The molecule has 21 heavy (non-hydrogen) atoms. The number of nitrogens with one attached hydrogen (secondary N) is 1. The van der Waals surface area contributed by atoms with E-state index in [1.807, 2.05) is 19.9 Å². The Morgan fingerprint density at radius 2 is 2.10 bits per heavy atom. The van der Waals surface area contributed by atoms with Crippen molar-refractivity contribution >= 4 is 33.8 Å². The summed E-state index contributed by atoms with van der Waals surface area (Å²) in [6.45, 7) is 6.23. The van der Waals surface area contributed by atoms with E-state index in [1.54, 1.807) is 0 Å². The summed E-state index contributed by atoms with van der Waals surface area (Å²) in [5.74, 6) is 0.275. The highest BCUT2D eigenvalue weighted by molar-refractivity contribution is 7.91. The first-order chi connectivity index (χ1) is 9.31. The Kier molecular flexibility index (Phi) is 6.27. The molecule has 1 aliphatic rings. The van der Waals surface area contributed by atoms with Crippen molar-refractivity contribution in [3.8, 4) is 0 Å². The lowest BCUT2D eigenvalue weighted by molar-refractivity contribution is 0.191. The lowest BCUT2D eigenvalue weighted by Gasteiger charge is -2.42. The molecule has 4 nitrogen and oxygen atoms in total. The smallest absolute Gasteiger partial charge is 0.250 e. The average Bonchev–Trinajstić information content (AvgIpc) is 2.72. The number of aryl methyl sites for hydroxylation is 2. The fraction of sp³-hybridized carbons (Fsp3) is 0.714. The second kappa shape index (κ2) is 6.96. The molecule has 0 aliphatic heterocycles. The number of nitrogens with two attached hydrogens (primary N) is 1. The Bertz CT molecular complexity index is 586. The molecule has 0 spiro atoms. The molecule has 1 aromatic heterocycles. The number of hydrogen-bond donors (Lipinski definition) is 2. The maximum atomic E-state index is 12.7. The van der Waals surface area contributed by atoms with Gasteiger partial charge < -0.3 is 5.73 Å². The topological polar surface area (TPSA) is 72.2 Å². The quantitative estimate of drug-likeness (QED) is 0.874. The molecule has 1 saturated carbocycles. The minimum atomic E-state index is -3.48. The van der Waals surface area contributed by atoms with Gasteiger partial charge in [0, 0.05) is 17.0 Å². The van der Waals surface area contributed by atoms with Crippen LogP contribution in [0.25, 0.3) is 0 Å². The Morgan fingerprint density at radius 3 is 2.57 bits per heavy atom. The molecule has 1 heterocycles. The molecule has 0 radical (unpaired) electrons. The van der Waals surface area contributed by atoms with E-state index in [0.29, 0.717) is 10.8 Å². The zero-order chi connectivity index (χ0) is 15.0. The van der Waals surface area contributed by atoms with Gasteiger partial charge in [0.2, 0.25) is 0 Å². The van der Waals surface area contributed by atoms with Crippen LogP contribution < -0.4 is 10.5 Å². The Hall–Kier alpha value is -0.140. The van der Waals surface area contributed by atoms with Crippen LogP contribution in [0.15, 0.2) is 10.3 Å². The maximum Gasteiger partial charge on any atom is 0.250 e. The van der Waals surface area contributed by atoms with Gasteiger partial charge in [-0.1, -0.05) is 19.8 Å². The number of halogens is 1. The molecule has 2 rings (SSSR count). The average molecular weight is 353 g/mol. The first-order valence-corrected chi connectivity index (χ1v) is 9.42. The Morgan fingerprint density at radius 1 is 1.43 bits per heavy atom. The molecule has 0 aromatic carbocycles. The normalized spacial score (nSPS) is 26.4. The summed E-state index contributed by atoms with van der Waals surface area (Å²) in [5, 5.41) is 0. The number of hydrogen-bond acceptors (Lipinski definition) is 4. The summed E-state index contributed by atoms with van der Waals surface area (Å²) in [5.41, 5.74) is 6.26. The summed E-state index contributed by atoms with van der Waals surface area (Å²) < 4.78 is 28.7. The molecule has 7 heteroatoms. The third-order valence-corrected chi connectivity index (χ3v) is 7.74. The molecule has 0 amide bonds. The number of rotatable bonds is 4. The van der Waals surface area contributed by atoms with Gasteiger partial charge in [-0.05, 0) is 44.2 Å². The van der Waals surface area contributed by atoms with Gasteiger partial charge in [0.25, 0.3) is 10.0 Å². The number of sulfonamides is 1. The van der Waals surface area contributed by atoms with Crippen LogP contribution in [-0.4, -0.2) is 20.5 Å². The van der Waals surface area contributed by atoms with Crippen LogP contribution in [-0.2, 0) is 10.0 Å². The van der Waals surface area contributed by atoms with E-state index in [0.717, 1.165) is 36.1 Å². The molecule has 122 valence electrons. The van der Waals surface area contributed by atoms with E-state index in [2.05, 4.69) is 11.6 Å². The zero-order valence-corrected chi connectivity index (χ0v) is 15.3. The highest BCUT2D eigenvalue weighted by Gasteiger charge is 2.41. The third kappa shape index (κ3) is 3.79. The van der Waals surface area contributed by atoms with E-state index in [1.165, 1.54) is 11.3 Å². The van der Waals surface area contributed by atoms with Gasteiger partial charge >= 0.3 is 0 Å². The summed E-state index contributed by atoms with van der Waals surface area (Å²) in [4.78, 5) is 1.02. The van der Waals surface area contributed by atoms with Gasteiger partial charge in [-0.2, -0.15) is 0 Å². The predicted octanol–water partition coefficient (Wildman–Crippen LogP) is 2.97. The summed E-state index contributed by atoms with van der Waals surface area (Å²) in [7, 11) is -3.48. The molecule has 1 aromatic rings. The molecule has 3 N–H and O–H groups in total. The maximum absolute atomic E-state index is 12.7. The van der Waals surface area contributed by atoms with Crippen molar-refractivity contribution in [3.05, 3.63) is 16.5 Å². The molecule has 1 aliphatic carbocycles. The summed E-state index contributed by atoms with van der Waals surface area (Å²) in [6, 6.07) is 1.92. The zero-order valence-electron chi connectivity index (χ0n) is 12.8. The van der Waals surface area contributed by atoms with Gasteiger partial charge in [0.1, 0.15) is 4.21 Å². The minimum Gasteiger partial charge on any atom is -0.329 e. The van der Waals surface area contributed by atoms with Crippen LogP contribution in [0.5, 0.6) is 0 Å². The fourth-order valence-corrected chi connectivity index (χ4v) is 6.31. The Balaban J connectivity index is 0.00000220. The van der Waals surface area contributed by atoms with Crippen molar-refractivity contribution in [1.29, 1.82) is 0 Å². The molecular weight excluding hydrogens is 328 g/mol. The molecule has 0 bridgehead atoms. The van der Waals surface area contributed by atoms with Crippen molar-refractivity contribution in [1.82, 2.24) is 4.72 Å². The SMILES string of the molecule is Cc1cc(C)c(S(=O)(=O)NC2(CN)CCCCC2C)s1.Cl. The van der Waals surface area contributed by atoms with Crippen LogP contribution in [0.2, 0.25) is 0 Å². The van der Waals surface area contributed by atoms with Crippen LogP contribution in [0.1, 0.15) is 43.0 Å². The summed E-state index contributed by atoms with van der Waals surface area (Å²) in [6.07, 6.45) is 4.05. The van der Waals surface area contributed by atoms with Gasteiger partial charge in [0.15, 0.2) is 0 Å². The fourth-order valence-electron chi connectivity index (χ4n) is 3.11. The first kappa shape index (κ1) is 18.9. The van der Waals surface area contributed by atoms with E-state index < -0.39 is 15.6 Å². The second-order valence-electron chi connectivity index (χ2n) is 5.94. The minimum absolute atomic E-state index is 0. The molecule has 1 fully saturated rings. The Labute approximate surface area is 138 Å². The lowest BCUT2D eigenvalue weighted by atomic mass is 9.74. The van der Waals surface area contributed by atoms with Crippen LogP contribution >= 0.6 is 23.7 Å². The largest absolute Gasteiger partial charge is 0.329 e. The van der Waals surface area contributed by atoms with Gasteiger partial charge in [-0.15, -0.1) is 23.7 Å². The van der Waals surface area contributed by atoms with Gasteiger partial charge in [-0.3, -0.25) is 0 Å². The standard InChI is InChI=1S/C14H24N2O2S2.ClH/c1-10-8-12(3)19-13(10)20(17,18)16-14(9-15)7-5-4-6-11(14)2;/h8,11,16H,4-7,9,15H2,1-3H3;1H. The van der Waals surface area contributed by atoms with Gasteiger partial charge in [-0.25, -0.2) is 13.1 Å². The molecule has 2 unspecified atom stereocenters. The molecular formula is C14H25ClN2O2S2. The van der Waals surface area contributed by atoms with Crippen LogP contribution in [0.4, 0.5) is 0 Å². The first-order valence-electron chi connectivity index (χ1n) is 7.12. The predicted molar refractivity (Wildman–Crippen MR) is 90.8 cm³/mol. The molecule has 2 atom stereocenters. The van der Waals surface area contributed by atoms with Crippen molar-refractivity contribution in [2.24, 2.45) is 11.7 Å². The van der Waals surface area contributed by atoms with Crippen molar-refractivity contribution in [3.63, 3.8) is 0 Å². The van der Waals surface area contributed by atoms with Crippen LogP contribution in [0, 0.1) is 19.8 Å². The third-order valence-electron chi connectivity index (χ3n) is 4.39.